The van der Waals surface area contributed by atoms with Gasteiger partial charge in [0, 0.05) is 41.2 Å². The van der Waals surface area contributed by atoms with Crippen LogP contribution in [0, 0.1) is 0 Å². The van der Waals surface area contributed by atoms with Gasteiger partial charge in [0.15, 0.2) is 0 Å². The summed E-state index contributed by atoms with van der Waals surface area (Å²) < 4.78 is 37.7. The number of unbranched alkanes of at least 4 members (excludes halogenated alkanes) is 3. The van der Waals surface area contributed by atoms with E-state index in [1.807, 2.05) is 0 Å². The molecule has 176 valence electrons. The van der Waals surface area contributed by atoms with Gasteiger partial charge in [-0.1, -0.05) is 60.3 Å². The molecule has 0 aliphatic heterocycles. The first-order valence-corrected chi connectivity index (χ1v) is 15.0. The van der Waals surface area contributed by atoms with Gasteiger partial charge in [-0.25, -0.2) is 0 Å². The molecule has 0 saturated heterocycles. The second-order valence-electron chi connectivity index (χ2n) is 7.52. The van der Waals surface area contributed by atoms with Crippen molar-refractivity contribution < 1.29 is 26.6 Å². The van der Waals surface area contributed by atoms with Crippen LogP contribution in [0.1, 0.15) is 92.4 Å². The van der Waals surface area contributed by atoms with Gasteiger partial charge in [0.2, 0.25) is 0 Å². The molecule has 1 atom stereocenters. The molecule has 0 bridgehead atoms. The Kier molecular flexibility index (Phi) is 16.0. The SMILES string of the molecule is CCCCO[Si](OCCCC)(OCCCC)C(CC)(CCC)[Si](OC)(OC)OC. The normalized spacial score (nSPS) is 14.9. The largest absolute Gasteiger partial charge is 0.512 e. The first-order valence-electron chi connectivity index (χ1n) is 11.6. The fourth-order valence-corrected chi connectivity index (χ4v) is 13.0. The van der Waals surface area contributed by atoms with Crippen LogP contribution in [0.3, 0.4) is 0 Å². The van der Waals surface area contributed by atoms with Gasteiger partial charge in [0.25, 0.3) is 0 Å². The van der Waals surface area contributed by atoms with Crippen LogP contribution in [0.5, 0.6) is 0 Å². The van der Waals surface area contributed by atoms with Gasteiger partial charge in [-0.05, 0) is 32.1 Å². The molecule has 0 spiro atoms. The Bertz CT molecular complexity index is 361. The maximum absolute atomic E-state index is 6.67. The highest BCUT2D eigenvalue weighted by atomic mass is 28.5. The van der Waals surface area contributed by atoms with Gasteiger partial charge in [0.1, 0.15) is 4.66 Å². The van der Waals surface area contributed by atoms with Crippen LogP contribution >= 0.6 is 0 Å². The topological polar surface area (TPSA) is 55.4 Å². The summed E-state index contributed by atoms with van der Waals surface area (Å²) >= 11 is 0. The molecular formula is C21H48O6Si2. The van der Waals surface area contributed by atoms with Crippen molar-refractivity contribution in [2.45, 2.75) is 97.1 Å². The number of hydrogen-bond donors (Lipinski definition) is 0. The molecule has 0 rings (SSSR count). The molecule has 0 aliphatic rings. The van der Waals surface area contributed by atoms with E-state index in [1.165, 1.54) is 0 Å². The van der Waals surface area contributed by atoms with Crippen molar-refractivity contribution in [3.05, 3.63) is 0 Å². The quantitative estimate of drug-likeness (QED) is 0.173. The van der Waals surface area contributed by atoms with Crippen molar-refractivity contribution in [1.82, 2.24) is 0 Å². The smallest absolute Gasteiger partial charge is 0.377 e. The van der Waals surface area contributed by atoms with Gasteiger partial charge >= 0.3 is 17.6 Å². The van der Waals surface area contributed by atoms with E-state index in [0.29, 0.717) is 19.8 Å². The molecular weight excluding hydrogens is 404 g/mol. The first-order chi connectivity index (χ1) is 14.0. The standard InChI is InChI=1S/C21H48O6Si2/c1-9-14-18-25-29(26-19-15-10-2,27-20-16-11-3)21(13-5,17-12-4)28(22-6,23-7)24-8/h9-20H2,1-8H3. The van der Waals surface area contributed by atoms with Gasteiger partial charge in [-0.15, -0.1) is 0 Å². The molecule has 1 unspecified atom stereocenters. The van der Waals surface area contributed by atoms with Crippen LogP contribution in [0.2, 0.25) is 4.66 Å². The fraction of sp³-hybridized carbons (Fsp3) is 1.00. The minimum absolute atomic E-state index is 0.539. The van der Waals surface area contributed by atoms with E-state index in [4.69, 9.17) is 26.6 Å². The minimum atomic E-state index is -3.22. The summed E-state index contributed by atoms with van der Waals surface area (Å²) in [7, 11) is -1.32. The molecule has 0 aliphatic carbocycles. The molecule has 0 aromatic heterocycles. The lowest BCUT2D eigenvalue weighted by Crippen LogP contribution is -2.70. The Morgan fingerprint density at radius 3 is 1.17 bits per heavy atom. The van der Waals surface area contributed by atoms with Crippen LogP contribution in [0.15, 0.2) is 0 Å². The highest BCUT2D eigenvalue weighted by Gasteiger charge is 2.75. The average molecular weight is 453 g/mol. The Labute approximate surface area is 182 Å². The lowest BCUT2D eigenvalue weighted by atomic mass is 10.2. The third-order valence-corrected chi connectivity index (χ3v) is 14.4. The number of rotatable bonds is 20. The molecule has 0 radical (unpaired) electrons. The first kappa shape index (κ1) is 29.2. The van der Waals surface area contributed by atoms with Crippen molar-refractivity contribution in [3.63, 3.8) is 0 Å². The van der Waals surface area contributed by atoms with Gasteiger partial charge in [-0.3, -0.25) is 0 Å². The monoisotopic (exact) mass is 452 g/mol. The Hall–Kier alpha value is 0.194. The summed E-state index contributed by atoms with van der Waals surface area (Å²) in [4.78, 5) is 0. The van der Waals surface area contributed by atoms with E-state index < -0.39 is 22.3 Å². The molecule has 0 heterocycles. The molecule has 6 nitrogen and oxygen atoms in total. The molecule has 0 aromatic rings. The average Bonchev–Trinajstić information content (AvgIpc) is 2.74. The van der Waals surface area contributed by atoms with E-state index in [-0.39, 0.29) is 0 Å². The highest BCUT2D eigenvalue weighted by Crippen LogP contribution is 2.55. The van der Waals surface area contributed by atoms with E-state index in [2.05, 4.69) is 34.6 Å². The van der Waals surface area contributed by atoms with Crippen molar-refractivity contribution >= 4 is 17.6 Å². The van der Waals surface area contributed by atoms with Crippen LogP contribution in [-0.4, -0.2) is 58.8 Å². The van der Waals surface area contributed by atoms with E-state index in [0.717, 1.165) is 57.8 Å². The summed E-state index contributed by atoms with van der Waals surface area (Å²) in [5, 5.41) is 0. The molecule has 8 heteroatoms. The fourth-order valence-electron chi connectivity index (χ4n) is 3.96. The summed E-state index contributed by atoms with van der Waals surface area (Å²) in [5.74, 6) is 0. The van der Waals surface area contributed by atoms with E-state index >= 15 is 0 Å². The Morgan fingerprint density at radius 2 is 0.931 bits per heavy atom. The van der Waals surface area contributed by atoms with Crippen molar-refractivity contribution in [1.29, 1.82) is 0 Å². The van der Waals surface area contributed by atoms with E-state index in [9.17, 15) is 0 Å². The second kappa shape index (κ2) is 15.9. The molecule has 0 aromatic carbocycles. The Morgan fingerprint density at radius 1 is 0.552 bits per heavy atom. The van der Waals surface area contributed by atoms with Crippen molar-refractivity contribution in [2.75, 3.05) is 41.2 Å². The maximum atomic E-state index is 6.67. The van der Waals surface area contributed by atoms with Crippen LogP contribution in [-0.2, 0) is 26.6 Å². The van der Waals surface area contributed by atoms with Gasteiger partial charge in [0.05, 0.1) is 0 Å². The molecule has 29 heavy (non-hydrogen) atoms. The molecule has 0 amide bonds. The van der Waals surface area contributed by atoms with Crippen LogP contribution in [0.25, 0.3) is 0 Å². The third-order valence-electron chi connectivity index (χ3n) is 5.63. The summed E-state index contributed by atoms with van der Waals surface area (Å²) in [6.07, 6.45) is 8.61. The zero-order chi connectivity index (χ0) is 22.2. The predicted molar refractivity (Wildman–Crippen MR) is 123 cm³/mol. The van der Waals surface area contributed by atoms with Crippen LogP contribution < -0.4 is 0 Å². The highest BCUT2D eigenvalue weighted by molar-refractivity contribution is 6.85. The molecule has 0 N–H and O–H groups in total. The molecule has 0 saturated carbocycles. The summed E-state index contributed by atoms with van der Waals surface area (Å²) in [6, 6.07) is 0. The molecule has 0 fully saturated rings. The second-order valence-corrected chi connectivity index (χ2v) is 14.2. The minimum Gasteiger partial charge on any atom is -0.377 e. The number of hydrogen-bond acceptors (Lipinski definition) is 6. The van der Waals surface area contributed by atoms with Gasteiger partial charge in [-0.2, -0.15) is 0 Å². The Balaban J connectivity index is 6.48. The zero-order valence-corrected chi connectivity index (χ0v) is 22.4. The van der Waals surface area contributed by atoms with Crippen LogP contribution in [0.4, 0.5) is 0 Å². The lowest BCUT2D eigenvalue weighted by molar-refractivity contribution is 0.0139. The third kappa shape index (κ3) is 7.10. The zero-order valence-electron chi connectivity index (χ0n) is 20.4. The maximum Gasteiger partial charge on any atom is 0.512 e. The lowest BCUT2D eigenvalue weighted by Gasteiger charge is -2.50. The van der Waals surface area contributed by atoms with Gasteiger partial charge < -0.3 is 26.6 Å². The summed E-state index contributed by atoms with van der Waals surface area (Å²) in [6.45, 7) is 12.7. The van der Waals surface area contributed by atoms with Crippen molar-refractivity contribution in [3.8, 4) is 0 Å². The predicted octanol–water partition coefficient (Wildman–Crippen LogP) is 5.74. The van der Waals surface area contributed by atoms with Crippen molar-refractivity contribution in [2.24, 2.45) is 0 Å². The van der Waals surface area contributed by atoms with E-state index in [1.54, 1.807) is 21.3 Å². The summed E-state index contributed by atoms with van der Waals surface area (Å²) in [5.41, 5.74) is 0.